The van der Waals surface area contributed by atoms with E-state index in [0.29, 0.717) is 34.9 Å². The first-order valence-corrected chi connectivity index (χ1v) is 14.6. The molecule has 1 N–H and O–H groups in total. The number of phenolic OH excluding ortho intramolecular Hbond substituents is 1. The van der Waals surface area contributed by atoms with Gasteiger partial charge in [0.2, 0.25) is 0 Å². The van der Waals surface area contributed by atoms with Crippen LogP contribution in [0.2, 0.25) is 0 Å². The van der Waals surface area contributed by atoms with Gasteiger partial charge in [0, 0.05) is 42.4 Å². The average molecular weight is 573 g/mol. The van der Waals surface area contributed by atoms with Gasteiger partial charge in [-0.2, -0.15) is 9.97 Å². The zero-order valence-corrected chi connectivity index (χ0v) is 23.2. The van der Waals surface area contributed by atoms with E-state index in [1.54, 1.807) is 12.1 Å². The molecular formula is C33H31F3N4O2. The lowest BCUT2D eigenvalue weighted by Gasteiger charge is -2.31. The van der Waals surface area contributed by atoms with E-state index in [9.17, 15) is 13.9 Å². The van der Waals surface area contributed by atoms with Crippen LogP contribution in [-0.4, -0.2) is 64.5 Å². The summed E-state index contributed by atoms with van der Waals surface area (Å²) in [4.78, 5) is 13.6. The van der Waals surface area contributed by atoms with Crippen LogP contribution in [-0.2, 0) is 0 Å². The number of terminal acetylenes is 1. The Morgan fingerprint density at radius 3 is 2.67 bits per heavy atom. The highest BCUT2D eigenvalue weighted by molar-refractivity contribution is 6.04. The second kappa shape index (κ2) is 10.4. The smallest absolute Gasteiger partial charge is 0.319 e. The summed E-state index contributed by atoms with van der Waals surface area (Å²) in [5.74, 6) is 1.62. The lowest BCUT2D eigenvalue weighted by molar-refractivity contribution is 0.107. The van der Waals surface area contributed by atoms with E-state index in [2.05, 4.69) is 20.7 Å². The van der Waals surface area contributed by atoms with Crippen LogP contribution in [0.15, 0.2) is 36.4 Å². The molecule has 3 aromatic carbocycles. The number of ether oxygens (including phenoxy) is 1. The fourth-order valence-corrected chi connectivity index (χ4v) is 7.17. The van der Waals surface area contributed by atoms with Gasteiger partial charge in [0.1, 0.15) is 35.7 Å². The predicted octanol–water partition coefficient (Wildman–Crippen LogP) is 6.36. The minimum Gasteiger partial charge on any atom is -0.508 e. The van der Waals surface area contributed by atoms with Gasteiger partial charge in [-0.25, -0.2) is 13.2 Å². The van der Waals surface area contributed by atoms with E-state index >= 15 is 4.39 Å². The van der Waals surface area contributed by atoms with E-state index < -0.39 is 23.3 Å². The number of piperidine rings is 1. The molecule has 1 aromatic heterocycles. The van der Waals surface area contributed by atoms with Crippen LogP contribution in [0.25, 0.3) is 32.8 Å². The van der Waals surface area contributed by atoms with Gasteiger partial charge in [0.05, 0.1) is 11.1 Å². The molecule has 0 saturated carbocycles. The van der Waals surface area contributed by atoms with Gasteiger partial charge in [-0.3, -0.25) is 4.90 Å². The summed E-state index contributed by atoms with van der Waals surface area (Å²) in [7, 11) is 0. The van der Waals surface area contributed by atoms with E-state index in [4.69, 9.17) is 16.1 Å². The van der Waals surface area contributed by atoms with Crippen LogP contribution in [0.4, 0.5) is 19.0 Å². The van der Waals surface area contributed by atoms with Gasteiger partial charge in [-0.05, 0) is 73.9 Å². The average Bonchev–Trinajstić information content (AvgIpc) is 3.52. The molecule has 3 aliphatic heterocycles. The molecule has 0 radical (unpaired) electrons. The minimum atomic E-state index is -0.898. The molecular weight excluding hydrogens is 541 g/mol. The number of phenols is 1. The van der Waals surface area contributed by atoms with Crippen LogP contribution in [0.1, 0.15) is 44.1 Å². The van der Waals surface area contributed by atoms with E-state index in [-0.39, 0.29) is 40.6 Å². The molecule has 0 amide bonds. The molecule has 216 valence electrons. The summed E-state index contributed by atoms with van der Waals surface area (Å²) in [6, 6.07) is 9.00. The number of hydrogen-bond donors (Lipinski definition) is 1. The van der Waals surface area contributed by atoms with Gasteiger partial charge >= 0.3 is 6.01 Å². The number of halogens is 3. The number of aromatic hydroxyl groups is 1. The lowest BCUT2D eigenvalue weighted by atomic mass is 9.93. The van der Waals surface area contributed by atoms with Crippen molar-refractivity contribution in [3.63, 3.8) is 0 Å². The maximum Gasteiger partial charge on any atom is 0.319 e. The maximum atomic E-state index is 16.6. The molecule has 0 unspecified atom stereocenters. The number of benzene rings is 3. The van der Waals surface area contributed by atoms with Gasteiger partial charge in [-0.15, -0.1) is 6.42 Å². The van der Waals surface area contributed by atoms with Crippen molar-refractivity contribution in [1.82, 2.24) is 14.9 Å². The highest BCUT2D eigenvalue weighted by atomic mass is 19.1. The molecule has 2 atom stereocenters. The zero-order valence-electron chi connectivity index (χ0n) is 23.2. The highest BCUT2D eigenvalue weighted by Gasteiger charge is 2.49. The zero-order chi connectivity index (χ0) is 29.0. The summed E-state index contributed by atoms with van der Waals surface area (Å²) in [5, 5.41) is 11.8. The predicted molar refractivity (Wildman–Crippen MR) is 157 cm³/mol. The first-order valence-electron chi connectivity index (χ1n) is 14.6. The number of hydrogen-bond acceptors (Lipinski definition) is 6. The lowest BCUT2D eigenvalue weighted by Crippen LogP contribution is -2.43. The van der Waals surface area contributed by atoms with Crippen molar-refractivity contribution in [1.29, 1.82) is 0 Å². The molecule has 0 spiro atoms. The van der Waals surface area contributed by atoms with Crippen molar-refractivity contribution in [3.8, 4) is 35.2 Å². The maximum absolute atomic E-state index is 16.6. The quantitative estimate of drug-likeness (QED) is 0.281. The van der Waals surface area contributed by atoms with Crippen molar-refractivity contribution >= 4 is 27.5 Å². The molecule has 0 aliphatic carbocycles. The molecule has 4 aromatic rings. The SMILES string of the molecule is C#Cc1c(F)ccc2cc(O)cc(-c3ccc4c(N5CCCCC5)nc(OC[C@@]56CCCN5C[C@H](F)C6)nc4c3F)c12. The van der Waals surface area contributed by atoms with Crippen molar-refractivity contribution in [3.05, 3.63) is 53.6 Å². The third-order valence-electron chi connectivity index (χ3n) is 9.14. The second-order valence-corrected chi connectivity index (χ2v) is 11.7. The largest absolute Gasteiger partial charge is 0.508 e. The highest BCUT2D eigenvalue weighted by Crippen LogP contribution is 2.42. The third-order valence-corrected chi connectivity index (χ3v) is 9.14. The van der Waals surface area contributed by atoms with Crippen molar-refractivity contribution < 1.29 is 23.0 Å². The number of rotatable bonds is 5. The summed E-state index contributed by atoms with van der Waals surface area (Å²) in [5.41, 5.74) is 0.0310. The van der Waals surface area contributed by atoms with E-state index in [1.165, 1.54) is 24.3 Å². The van der Waals surface area contributed by atoms with Gasteiger partial charge in [0.25, 0.3) is 0 Å². The molecule has 3 fully saturated rings. The molecule has 9 heteroatoms. The fraction of sp³-hybridized carbons (Fsp3) is 0.394. The first-order chi connectivity index (χ1) is 20.4. The van der Waals surface area contributed by atoms with Crippen LogP contribution < -0.4 is 9.64 Å². The number of alkyl halides is 1. The van der Waals surface area contributed by atoms with E-state index in [1.807, 2.05) is 0 Å². The Morgan fingerprint density at radius 2 is 1.86 bits per heavy atom. The normalized spacial score (nSPS) is 22.5. The van der Waals surface area contributed by atoms with Gasteiger partial charge in [-0.1, -0.05) is 18.1 Å². The Morgan fingerprint density at radius 1 is 1.02 bits per heavy atom. The van der Waals surface area contributed by atoms with Crippen molar-refractivity contribution in [2.75, 3.05) is 37.7 Å². The molecule has 3 saturated heterocycles. The molecule has 7 rings (SSSR count). The summed E-state index contributed by atoms with van der Waals surface area (Å²) in [6.45, 7) is 3.01. The van der Waals surface area contributed by atoms with Gasteiger partial charge < -0.3 is 14.7 Å². The van der Waals surface area contributed by atoms with Crippen molar-refractivity contribution in [2.45, 2.75) is 50.2 Å². The number of nitrogens with zero attached hydrogens (tertiary/aromatic N) is 4. The Labute approximate surface area is 242 Å². The molecule has 0 bridgehead atoms. The molecule has 42 heavy (non-hydrogen) atoms. The van der Waals surface area contributed by atoms with E-state index in [0.717, 1.165) is 51.7 Å². The summed E-state index contributed by atoms with van der Waals surface area (Å²) < 4.78 is 51.9. The number of fused-ring (bicyclic) bond motifs is 3. The Bertz CT molecular complexity index is 1750. The molecule has 4 heterocycles. The Hall–Kier alpha value is -4.03. The summed E-state index contributed by atoms with van der Waals surface area (Å²) >= 11 is 0. The minimum absolute atomic E-state index is 0.00850. The number of aromatic nitrogens is 2. The fourth-order valence-electron chi connectivity index (χ4n) is 7.17. The van der Waals surface area contributed by atoms with Crippen molar-refractivity contribution in [2.24, 2.45) is 0 Å². The van der Waals surface area contributed by atoms with Gasteiger partial charge in [0.15, 0.2) is 5.82 Å². The first kappa shape index (κ1) is 26.8. The standard InChI is InChI=1S/C33H31F3N4O2/c1-2-23-27(35)10-7-20-15-22(41)16-26(28(20)23)24-8-9-25-30(29(24)36)37-32(38-31(25)39-12-4-3-5-13-39)42-19-33-11-6-14-40(33)18-21(34)17-33/h1,7-10,15-16,21,41H,3-6,11-14,17-19H2/t21-,33+/m1/s1. The Kier molecular flexibility index (Phi) is 6.62. The Balaban J connectivity index is 1.38. The third kappa shape index (κ3) is 4.40. The monoisotopic (exact) mass is 572 g/mol. The summed E-state index contributed by atoms with van der Waals surface area (Å²) in [6.07, 6.45) is 10.1. The number of anilines is 1. The van der Waals surface area contributed by atoms with Crippen LogP contribution >= 0.6 is 0 Å². The molecule has 3 aliphatic rings. The second-order valence-electron chi connectivity index (χ2n) is 11.7. The van der Waals surface area contributed by atoms with Crippen LogP contribution in [0, 0.1) is 24.0 Å². The molecule has 6 nitrogen and oxygen atoms in total. The van der Waals surface area contributed by atoms with Crippen LogP contribution in [0.5, 0.6) is 11.8 Å². The van der Waals surface area contributed by atoms with Crippen LogP contribution in [0.3, 0.4) is 0 Å². The topological polar surface area (TPSA) is 61.7 Å².